The number of carbonyl (C=O) groups excluding carboxylic acids is 1. The van der Waals surface area contributed by atoms with E-state index in [1.54, 1.807) is 11.8 Å². The van der Waals surface area contributed by atoms with Crippen LogP contribution in [0.3, 0.4) is 0 Å². The summed E-state index contributed by atoms with van der Waals surface area (Å²) < 4.78 is 2.12. The van der Waals surface area contributed by atoms with Crippen LogP contribution in [0.5, 0.6) is 0 Å². The molecule has 0 bridgehead atoms. The van der Waals surface area contributed by atoms with Gasteiger partial charge < -0.3 is 16.0 Å². The zero-order valence-corrected chi connectivity index (χ0v) is 19.9. The van der Waals surface area contributed by atoms with Crippen LogP contribution in [0.25, 0.3) is 11.3 Å². The number of hydrogen-bond donors (Lipinski definition) is 2. The summed E-state index contributed by atoms with van der Waals surface area (Å²) in [5.41, 5.74) is 10.6. The van der Waals surface area contributed by atoms with Gasteiger partial charge >= 0.3 is 6.03 Å². The summed E-state index contributed by atoms with van der Waals surface area (Å²) in [5, 5.41) is 8.10. The second-order valence-electron chi connectivity index (χ2n) is 8.95. The number of urea groups is 1. The highest BCUT2D eigenvalue weighted by Gasteiger charge is 2.46. The van der Waals surface area contributed by atoms with Crippen molar-refractivity contribution in [2.24, 2.45) is 0 Å². The molecule has 4 heterocycles. The minimum atomic E-state index is -0.00300. The standard InChI is InChI=1S/C25H30N6OS/c1-3-27-24(32)30-11-9-25(16-30)10-12-31-22(25)14-20(29-31)19-13-21(23(26)28-15-19)33-17(2)18-7-5-4-6-8-18/h4-8,13-15,17H,3,9-12,16H2,1-2H3,(H2,26,28)(H,27,32). The number of amides is 2. The maximum atomic E-state index is 12.4. The lowest BCUT2D eigenvalue weighted by atomic mass is 9.82. The highest BCUT2D eigenvalue weighted by Crippen LogP contribution is 2.44. The van der Waals surface area contributed by atoms with Gasteiger partial charge in [0.2, 0.25) is 0 Å². The van der Waals surface area contributed by atoms with E-state index < -0.39 is 0 Å². The highest BCUT2D eigenvalue weighted by molar-refractivity contribution is 7.99. The summed E-state index contributed by atoms with van der Waals surface area (Å²) in [4.78, 5) is 19.7. The van der Waals surface area contributed by atoms with E-state index in [9.17, 15) is 4.79 Å². The number of nitrogens with two attached hydrogens (primary N) is 1. The molecule has 7 nitrogen and oxygen atoms in total. The number of aromatic nitrogens is 3. The van der Waals surface area contributed by atoms with E-state index in [1.807, 2.05) is 24.1 Å². The first-order chi connectivity index (χ1) is 16.0. The van der Waals surface area contributed by atoms with Crippen molar-refractivity contribution in [1.29, 1.82) is 0 Å². The van der Waals surface area contributed by atoms with E-state index in [1.165, 1.54) is 11.3 Å². The zero-order valence-electron chi connectivity index (χ0n) is 19.1. The molecule has 5 rings (SSSR count). The SMILES string of the molecule is CCNC(=O)N1CCC2(CCn3nc(-c4cnc(N)c(SC(C)c5ccccc5)c4)cc32)C1. The second-order valence-corrected chi connectivity index (χ2v) is 10.3. The Hall–Kier alpha value is -3.00. The average molecular weight is 463 g/mol. The maximum Gasteiger partial charge on any atom is 0.317 e. The number of thioether (sulfide) groups is 1. The van der Waals surface area contributed by atoms with Gasteiger partial charge in [0.05, 0.1) is 10.6 Å². The van der Waals surface area contributed by atoms with Gasteiger partial charge in [0.1, 0.15) is 5.82 Å². The molecule has 0 saturated carbocycles. The lowest BCUT2D eigenvalue weighted by Crippen LogP contribution is -2.40. The Morgan fingerprint density at radius 3 is 2.82 bits per heavy atom. The zero-order chi connectivity index (χ0) is 23.0. The van der Waals surface area contributed by atoms with Crippen molar-refractivity contribution in [3.8, 4) is 11.3 Å². The van der Waals surface area contributed by atoms with E-state index >= 15 is 0 Å². The number of aryl methyl sites for hydroxylation is 1. The molecule has 1 fully saturated rings. The minimum absolute atomic E-state index is 0.00300. The van der Waals surface area contributed by atoms with Crippen molar-refractivity contribution in [2.75, 3.05) is 25.4 Å². The normalized spacial score (nSPS) is 20.2. The van der Waals surface area contributed by atoms with Crippen LogP contribution in [-0.4, -0.2) is 45.3 Å². The Morgan fingerprint density at radius 1 is 1.24 bits per heavy atom. The summed E-state index contributed by atoms with van der Waals surface area (Å²) in [6.45, 7) is 7.20. The number of hydrogen-bond acceptors (Lipinski definition) is 5. The molecule has 3 N–H and O–H groups in total. The van der Waals surface area contributed by atoms with Gasteiger partial charge in [-0.1, -0.05) is 30.3 Å². The van der Waals surface area contributed by atoms with Crippen LogP contribution in [0, 0.1) is 0 Å². The fraction of sp³-hybridized carbons (Fsp3) is 0.400. The van der Waals surface area contributed by atoms with E-state index in [0.29, 0.717) is 12.4 Å². The molecule has 2 unspecified atom stereocenters. The van der Waals surface area contributed by atoms with Crippen molar-refractivity contribution in [3.05, 3.63) is 59.9 Å². The molecule has 0 radical (unpaired) electrons. The van der Waals surface area contributed by atoms with Gasteiger partial charge in [-0.3, -0.25) is 4.68 Å². The molecule has 8 heteroatoms. The molecule has 0 aliphatic carbocycles. The molecule has 2 aromatic heterocycles. The van der Waals surface area contributed by atoms with Gasteiger partial charge in [0, 0.05) is 54.3 Å². The fourth-order valence-corrected chi connectivity index (χ4v) is 6.04. The molecule has 1 aromatic carbocycles. The number of carbonyl (C=O) groups is 1. The Bertz CT molecular complexity index is 1160. The summed E-state index contributed by atoms with van der Waals surface area (Å²) in [6, 6.07) is 14.7. The number of anilines is 1. The molecule has 2 amide bonds. The first-order valence-electron chi connectivity index (χ1n) is 11.6. The van der Waals surface area contributed by atoms with Crippen LogP contribution in [0.2, 0.25) is 0 Å². The number of nitrogen functional groups attached to an aromatic ring is 1. The number of likely N-dealkylation sites (tertiary alicyclic amines) is 1. The van der Waals surface area contributed by atoms with Gasteiger partial charge in [-0.15, -0.1) is 11.8 Å². The van der Waals surface area contributed by atoms with E-state index in [2.05, 4.69) is 58.3 Å². The van der Waals surface area contributed by atoms with Gasteiger partial charge in [0.25, 0.3) is 0 Å². The number of nitrogens with zero attached hydrogens (tertiary/aromatic N) is 4. The van der Waals surface area contributed by atoms with Gasteiger partial charge in [-0.25, -0.2) is 9.78 Å². The summed E-state index contributed by atoms with van der Waals surface area (Å²) in [6.07, 6.45) is 3.82. The van der Waals surface area contributed by atoms with Crippen LogP contribution in [0.1, 0.15) is 43.2 Å². The third kappa shape index (κ3) is 4.08. The van der Waals surface area contributed by atoms with E-state index in [0.717, 1.165) is 48.6 Å². The van der Waals surface area contributed by atoms with Gasteiger partial charge in [0.15, 0.2) is 0 Å². The predicted octanol–water partition coefficient (Wildman–Crippen LogP) is 4.46. The predicted molar refractivity (Wildman–Crippen MR) is 132 cm³/mol. The third-order valence-electron chi connectivity index (χ3n) is 6.84. The summed E-state index contributed by atoms with van der Waals surface area (Å²) in [5.74, 6) is 0.545. The number of pyridine rings is 1. The second kappa shape index (κ2) is 8.74. The van der Waals surface area contributed by atoms with Crippen LogP contribution < -0.4 is 11.1 Å². The molecule has 2 atom stereocenters. The number of benzene rings is 1. The first kappa shape index (κ1) is 21.8. The molecule has 3 aromatic rings. The van der Waals surface area contributed by atoms with Crippen LogP contribution in [0.15, 0.2) is 53.6 Å². The smallest absolute Gasteiger partial charge is 0.317 e. The van der Waals surface area contributed by atoms with Crippen molar-refractivity contribution < 1.29 is 4.79 Å². The summed E-state index contributed by atoms with van der Waals surface area (Å²) in [7, 11) is 0. The average Bonchev–Trinajstić information content (AvgIpc) is 3.53. The van der Waals surface area contributed by atoms with Crippen molar-refractivity contribution in [2.45, 2.75) is 48.8 Å². The third-order valence-corrected chi connectivity index (χ3v) is 8.05. The van der Waals surface area contributed by atoms with Gasteiger partial charge in [-0.2, -0.15) is 5.10 Å². The monoisotopic (exact) mass is 462 g/mol. The molecule has 2 aliphatic heterocycles. The number of fused-ring (bicyclic) bond motifs is 2. The topological polar surface area (TPSA) is 89.1 Å². The molecular weight excluding hydrogens is 432 g/mol. The van der Waals surface area contributed by atoms with Gasteiger partial charge in [-0.05, 0) is 44.4 Å². The Kier molecular flexibility index (Phi) is 5.78. The van der Waals surface area contributed by atoms with E-state index in [4.69, 9.17) is 10.8 Å². The highest BCUT2D eigenvalue weighted by atomic mass is 32.2. The molecule has 1 spiro atoms. The Labute approximate surface area is 198 Å². The maximum absolute atomic E-state index is 12.4. The van der Waals surface area contributed by atoms with E-state index in [-0.39, 0.29) is 16.7 Å². The number of rotatable bonds is 5. The minimum Gasteiger partial charge on any atom is -0.383 e. The Morgan fingerprint density at radius 2 is 2.03 bits per heavy atom. The van der Waals surface area contributed by atoms with Crippen molar-refractivity contribution in [1.82, 2.24) is 25.0 Å². The molecule has 2 aliphatic rings. The molecule has 33 heavy (non-hydrogen) atoms. The quantitative estimate of drug-likeness (QED) is 0.547. The first-order valence-corrected chi connectivity index (χ1v) is 12.5. The van der Waals surface area contributed by atoms with Crippen LogP contribution >= 0.6 is 11.8 Å². The molecule has 1 saturated heterocycles. The van der Waals surface area contributed by atoms with Crippen molar-refractivity contribution >= 4 is 23.6 Å². The molecular formula is C25H30N6OS. The van der Waals surface area contributed by atoms with Crippen molar-refractivity contribution in [3.63, 3.8) is 0 Å². The fourth-order valence-electron chi connectivity index (χ4n) is 5.00. The molecule has 172 valence electrons. The largest absolute Gasteiger partial charge is 0.383 e. The van der Waals surface area contributed by atoms with Crippen LogP contribution in [-0.2, 0) is 12.0 Å². The Balaban J connectivity index is 1.38. The summed E-state index contributed by atoms with van der Waals surface area (Å²) >= 11 is 1.72. The van der Waals surface area contributed by atoms with Crippen LogP contribution in [0.4, 0.5) is 10.6 Å². The lowest BCUT2D eigenvalue weighted by Gasteiger charge is -2.23. The lowest BCUT2D eigenvalue weighted by molar-refractivity contribution is 0.206. The number of nitrogens with one attached hydrogen (secondary N) is 1.